The Morgan fingerprint density at radius 3 is 2.95 bits per heavy atom. The molecule has 0 saturated carbocycles. The smallest absolute Gasteiger partial charge is 0.311 e. The molecule has 2 heterocycles. The lowest BCUT2D eigenvalue weighted by molar-refractivity contribution is -0.384. The van der Waals surface area contributed by atoms with Crippen LogP contribution in [-0.2, 0) is 4.74 Å². The van der Waals surface area contributed by atoms with Gasteiger partial charge in [0, 0.05) is 19.2 Å². The molecule has 0 amide bonds. The molecule has 1 saturated heterocycles. The number of nitrogens with zero attached hydrogens (tertiary/aromatic N) is 3. The second kappa shape index (κ2) is 5.22. The fourth-order valence-corrected chi connectivity index (χ4v) is 2.38. The number of aliphatic hydroxyl groups excluding tert-OH is 1. The topological polar surface area (TPSA) is 115 Å². The summed E-state index contributed by atoms with van der Waals surface area (Å²) >= 11 is 0. The molecule has 1 aliphatic rings. The molecule has 0 bridgehead atoms. The van der Waals surface area contributed by atoms with Crippen molar-refractivity contribution >= 4 is 17.3 Å². The highest BCUT2D eigenvalue weighted by Gasteiger charge is 2.36. The van der Waals surface area contributed by atoms with E-state index in [9.17, 15) is 15.2 Å². The molecule has 0 spiro atoms. The van der Waals surface area contributed by atoms with E-state index in [1.165, 1.54) is 12.1 Å². The number of anilines is 2. The van der Waals surface area contributed by atoms with Gasteiger partial charge in [0.15, 0.2) is 0 Å². The van der Waals surface area contributed by atoms with Crippen molar-refractivity contribution in [3.63, 3.8) is 0 Å². The zero-order valence-corrected chi connectivity index (χ0v) is 11.4. The molecule has 3 N–H and O–H groups in total. The molecule has 2 rings (SSSR count). The van der Waals surface area contributed by atoms with E-state index in [4.69, 9.17) is 10.5 Å². The number of nitrogen functional groups attached to an aromatic ring is 1. The summed E-state index contributed by atoms with van der Waals surface area (Å²) in [5.74, 6) is 0.431. The molecule has 1 aromatic heterocycles. The number of rotatable bonds is 3. The molecule has 8 heteroatoms. The number of hydrogen-bond donors (Lipinski definition) is 2. The Bertz CT molecular complexity index is 520. The lowest BCUT2D eigenvalue weighted by Crippen LogP contribution is -2.54. The third kappa shape index (κ3) is 2.97. The largest absolute Gasteiger partial charge is 0.394 e. The summed E-state index contributed by atoms with van der Waals surface area (Å²) in [4.78, 5) is 16.4. The first-order valence-electron chi connectivity index (χ1n) is 6.27. The lowest BCUT2D eigenvalue weighted by Gasteiger charge is -2.42. The number of ether oxygens (including phenoxy) is 1. The van der Waals surface area contributed by atoms with Gasteiger partial charge in [-0.25, -0.2) is 4.98 Å². The van der Waals surface area contributed by atoms with Gasteiger partial charge in [0.2, 0.25) is 5.82 Å². The Morgan fingerprint density at radius 2 is 2.35 bits per heavy atom. The molecule has 1 aromatic rings. The maximum atomic E-state index is 11.1. The van der Waals surface area contributed by atoms with Crippen LogP contribution in [0.5, 0.6) is 0 Å². The number of hydrogen-bond acceptors (Lipinski definition) is 7. The highest BCUT2D eigenvalue weighted by molar-refractivity contribution is 5.61. The zero-order valence-electron chi connectivity index (χ0n) is 11.4. The first-order valence-corrected chi connectivity index (χ1v) is 6.27. The first-order chi connectivity index (χ1) is 9.32. The molecule has 1 fully saturated rings. The molecular formula is C12H18N4O4. The average Bonchev–Trinajstić information content (AvgIpc) is 2.36. The molecule has 1 aliphatic heterocycles. The van der Waals surface area contributed by atoms with Crippen LogP contribution < -0.4 is 10.6 Å². The summed E-state index contributed by atoms with van der Waals surface area (Å²) in [7, 11) is 0. The van der Waals surface area contributed by atoms with Crippen LogP contribution in [0.4, 0.5) is 17.3 Å². The van der Waals surface area contributed by atoms with Crippen LogP contribution in [-0.4, -0.2) is 46.4 Å². The molecule has 20 heavy (non-hydrogen) atoms. The number of aromatic nitrogens is 1. The van der Waals surface area contributed by atoms with Crippen LogP contribution in [0.3, 0.4) is 0 Å². The van der Waals surface area contributed by atoms with Crippen molar-refractivity contribution in [2.75, 3.05) is 30.3 Å². The predicted molar refractivity (Wildman–Crippen MR) is 73.6 cm³/mol. The SMILES string of the molecule is CC1(C)CN(c2nc(N)ccc2[N+](=O)[O-])CC(CO)O1. The quantitative estimate of drug-likeness (QED) is 0.614. The highest BCUT2D eigenvalue weighted by Crippen LogP contribution is 2.31. The zero-order chi connectivity index (χ0) is 14.9. The fourth-order valence-electron chi connectivity index (χ4n) is 2.38. The Labute approximate surface area is 116 Å². The van der Waals surface area contributed by atoms with Gasteiger partial charge in [-0.1, -0.05) is 0 Å². The Balaban J connectivity index is 2.39. The Hall–Kier alpha value is -1.93. The van der Waals surface area contributed by atoms with Crippen LogP contribution in [0, 0.1) is 10.1 Å². The molecule has 1 atom stereocenters. The monoisotopic (exact) mass is 282 g/mol. The van der Waals surface area contributed by atoms with Crippen molar-refractivity contribution in [3.8, 4) is 0 Å². The molecule has 0 aliphatic carbocycles. The summed E-state index contributed by atoms with van der Waals surface area (Å²) in [6.45, 7) is 4.33. The van der Waals surface area contributed by atoms with E-state index in [0.717, 1.165) is 0 Å². The van der Waals surface area contributed by atoms with E-state index >= 15 is 0 Å². The van der Waals surface area contributed by atoms with Gasteiger partial charge >= 0.3 is 5.69 Å². The predicted octanol–water partition coefficient (Wildman–Crippen LogP) is 0.548. The second-order valence-electron chi connectivity index (χ2n) is 5.40. The molecule has 110 valence electrons. The van der Waals surface area contributed by atoms with Gasteiger partial charge in [-0.15, -0.1) is 0 Å². The molecule has 0 aromatic carbocycles. The summed E-state index contributed by atoms with van der Waals surface area (Å²) in [6.07, 6.45) is -0.415. The third-order valence-electron chi connectivity index (χ3n) is 3.06. The van der Waals surface area contributed by atoms with E-state index in [1.54, 1.807) is 4.90 Å². The van der Waals surface area contributed by atoms with E-state index < -0.39 is 16.6 Å². The highest BCUT2D eigenvalue weighted by atomic mass is 16.6. The van der Waals surface area contributed by atoms with Crippen molar-refractivity contribution in [1.82, 2.24) is 4.98 Å². The third-order valence-corrected chi connectivity index (χ3v) is 3.06. The van der Waals surface area contributed by atoms with Crippen molar-refractivity contribution < 1.29 is 14.8 Å². The average molecular weight is 282 g/mol. The van der Waals surface area contributed by atoms with Gasteiger partial charge in [-0.3, -0.25) is 10.1 Å². The van der Waals surface area contributed by atoms with Crippen LogP contribution in [0.15, 0.2) is 12.1 Å². The number of morpholine rings is 1. The van der Waals surface area contributed by atoms with Gasteiger partial charge in [0.1, 0.15) is 5.82 Å². The van der Waals surface area contributed by atoms with E-state index in [0.29, 0.717) is 13.1 Å². The molecule has 0 radical (unpaired) electrons. The number of aliphatic hydroxyl groups is 1. The maximum Gasteiger partial charge on any atom is 0.311 e. The standard InChI is InChI=1S/C12H18N4O4/c1-12(2)7-15(5-8(6-17)20-12)11-9(16(18)19)3-4-10(13)14-11/h3-4,8,17H,5-7H2,1-2H3,(H2,13,14). The van der Waals surface area contributed by atoms with Crippen molar-refractivity contribution in [2.24, 2.45) is 0 Å². The van der Waals surface area contributed by atoms with E-state index in [2.05, 4.69) is 4.98 Å². The minimum atomic E-state index is -0.536. The maximum absolute atomic E-state index is 11.1. The molecule has 8 nitrogen and oxygen atoms in total. The molecule has 1 unspecified atom stereocenters. The normalized spacial score (nSPS) is 21.8. The summed E-state index contributed by atoms with van der Waals surface area (Å²) in [6, 6.07) is 2.74. The van der Waals surface area contributed by atoms with Gasteiger partial charge in [-0.05, 0) is 19.9 Å². The van der Waals surface area contributed by atoms with Crippen LogP contribution in [0.2, 0.25) is 0 Å². The van der Waals surface area contributed by atoms with Crippen LogP contribution in [0.1, 0.15) is 13.8 Å². The minimum absolute atomic E-state index is 0.103. The van der Waals surface area contributed by atoms with Crippen molar-refractivity contribution in [3.05, 3.63) is 22.2 Å². The van der Waals surface area contributed by atoms with Gasteiger partial charge in [0.25, 0.3) is 0 Å². The summed E-state index contributed by atoms with van der Waals surface area (Å²) in [5, 5.41) is 20.4. The van der Waals surface area contributed by atoms with Crippen molar-refractivity contribution in [1.29, 1.82) is 0 Å². The second-order valence-corrected chi connectivity index (χ2v) is 5.40. The van der Waals surface area contributed by atoms with Crippen molar-refractivity contribution in [2.45, 2.75) is 25.6 Å². The Kier molecular flexibility index (Phi) is 3.78. The fraction of sp³-hybridized carbons (Fsp3) is 0.583. The summed E-state index contributed by atoms with van der Waals surface area (Å²) < 4.78 is 5.68. The number of nitrogens with two attached hydrogens (primary N) is 1. The van der Waals surface area contributed by atoms with Gasteiger partial charge < -0.3 is 20.5 Å². The number of nitro groups is 1. The minimum Gasteiger partial charge on any atom is -0.394 e. The van der Waals surface area contributed by atoms with Crippen LogP contribution in [0.25, 0.3) is 0 Å². The summed E-state index contributed by atoms with van der Waals surface area (Å²) in [5.41, 5.74) is 4.99. The number of pyridine rings is 1. The molecular weight excluding hydrogens is 264 g/mol. The lowest BCUT2D eigenvalue weighted by atomic mass is 10.1. The van der Waals surface area contributed by atoms with Gasteiger partial charge in [0.05, 0.1) is 23.2 Å². The Morgan fingerprint density at radius 1 is 1.65 bits per heavy atom. The first kappa shape index (κ1) is 14.5. The van der Waals surface area contributed by atoms with Crippen LogP contribution >= 0.6 is 0 Å². The van der Waals surface area contributed by atoms with E-state index in [1.807, 2.05) is 13.8 Å². The van der Waals surface area contributed by atoms with E-state index in [-0.39, 0.29) is 23.9 Å². The van der Waals surface area contributed by atoms with Gasteiger partial charge in [-0.2, -0.15) is 0 Å².